The Morgan fingerprint density at radius 3 is 2.75 bits per heavy atom. The minimum atomic E-state index is -0.404. The lowest BCUT2D eigenvalue weighted by Crippen LogP contribution is -2.52. The predicted octanol–water partition coefficient (Wildman–Crippen LogP) is 2.16. The molecule has 0 bridgehead atoms. The fourth-order valence-electron chi connectivity index (χ4n) is 3.51. The molecule has 0 radical (unpaired) electrons. The van der Waals surface area contributed by atoms with Crippen LogP contribution in [-0.4, -0.2) is 59.7 Å². The number of para-hydroxylation sites is 1. The van der Waals surface area contributed by atoms with Crippen LogP contribution in [0.5, 0.6) is 11.6 Å². The molecule has 1 amide bonds. The second kappa shape index (κ2) is 8.04. The molecule has 2 aliphatic rings. The van der Waals surface area contributed by atoms with Gasteiger partial charge in [-0.15, -0.1) is 0 Å². The van der Waals surface area contributed by atoms with Crippen molar-refractivity contribution in [2.45, 2.75) is 26.4 Å². The number of ether oxygens (including phenoxy) is 2. The van der Waals surface area contributed by atoms with Crippen molar-refractivity contribution in [1.82, 2.24) is 14.9 Å². The molecule has 1 atom stereocenters. The van der Waals surface area contributed by atoms with E-state index < -0.39 is 6.10 Å². The number of hydrogen-bond donors (Lipinski definition) is 0. The fraction of sp³-hybridized carbons (Fsp3) is 0.476. The van der Waals surface area contributed by atoms with Crippen molar-refractivity contribution in [3.05, 3.63) is 42.2 Å². The molecule has 2 aromatic rings. The summed E-state index contributed by atoms with van der Waals surface area (Å²) in [5, 5.41) is 0. The lowest BCUT2D eigenvalue weighted by Gasteiger charge is -2.36. The first-order valence-corrected chi connectivity index (χ1v) is 9.83. The molecule has 2 aliphatic heterocycles. The Bertz CT molecular complexity index is 809. The van der Waals surface area contributed by atoms with Crippen molar-refractivity contribution < 1.29 is 14.3 Å². The smallest absolute Gasteiger partial charge is 0.264 e. The summed E-state index contributed by atoms with van der Waals surface area (Å²) in [5.74, 6) is 2.77. The molecule has 1 fully saturated rings. The van der Waals surface area contributed by atoms with Gasteiger partial charge >= 0.3 is 0 Å². The maximum absolute atomic E-state index is 12.9. The molecule has 1 aromatic heterocycles. The molecule has 3 heterocycles. The zero-order valence-electron chi connectivity index (χ0n) is 16.4. The van der Waals surface area contributed by atoms with E-state index in [4.69, 9.17) is 9.47 Å². The molecule has 148 valence electrons. The second-order valence-corrected chi connectivity index (χ2v) is 7.65. The van der Waals surface area contributed by atoms with Crippen LogP contribution in [-0.2, 0) is 11.2 Å². The summed E-state index contributed by atoms with van der Waals surface area (Å²) in [4.78, 5) is 25.5. The number of rotatable bonds is 5. The SMILES string of the molecule is CC(C)COc1cc(N2CCN(C(=O)C3Cc4ccccc4O3)CC2)ncn1. The van der Waals surface area contributed by atoms with Crippen molar-refractivity contribution in [2.24, 2.45) is 5.92 Å². The van der Waals surface area contributed by atoms with Gasteiger partial charge in [0.15, 0.2) is 6.10 Å². The van der Waals surface area contributed by atoms with Gasteiger partial charge in [-0.3, -0.25) is 4.79 Å². The number of hydrogen-bond acceptors (Lipinski definition) is 6. The van der Waals surface area contributed by atoms with Gasteiger partial charge in [-0.2, -0.15) is 0 Å². The summed E-state index contributed by atoms with van der Waals surface area (Å²) < 4.78 is 11.6. The Hall–Kier alpha value is -2.83. The van der Waals surface area contributed by atoms with Crippen LogP contribution in [0.25, 0.3) is 0 Å². The Balaban J connectivity index is 1.32. The average Bonchev–Trinajstić information content (AvgIpc) is 3.16. The predicted molar refractivity (Wildman–Crippen MR) is 106 cm³/mol. The number of aromatic nitrogens is 2. The van der Waals surface area contributed by atoms with Gasteiger partial charge in [0.2, 0.25) is 5.88 Å². The van der Waals surface area contributed by atoms with Crippen molar-refractivity contribution in [1.29, 1.82) is 0 Å². The number of carbonyl (C=O) groups is 1. The zero-order valence-corrected chi connectivity index (χ0v) is 16.4. The monoisotopic (exact) mass is 382 g/mol. The fourth-order valence-corrected chi connectivity index (χ4v) is 3.51. The normalized spacial score (nSPS) is 18.8. The molecule has 0 aliphatic carbocycles. The molecular formula is C21H26N4O3. The molecule has 0 N–H and O–H groups in total. The van der Waals surface area contributed by atoms with Gasteiger partial charge in [0.25, 0.3) is 5.91 Å². The first-order valence-electron chi connectivity index (χ1n) is 9.83. The third kappa shape index (κ3) is 4.03. The number of nitrogens with zero attached hydrogens (tertiary/aromatic N) is 4. The van der Waals surface area contributed by atoms with Gasteiger partial charge < -0.3 is 19.3 Å². The molecule has 0 spiro atoms. The molecule has 28 heavy (non-hydrogen) atoms. The van der Waals surface area contributed by atoms with Crippen LogP contribution in [0.15, 0.2) is 36.7 Å². The van der Waals surface area contributed by atoms with Crippen LogP contribution in [0.4, 0.5) is 5.82 Å². The van der Waals surface area contributed by atoms with Crippen molar-refractivity contribution >= 4 is 11.7 Å². The van der Waals surface area contributed by atoms with E-state index in [0.717, 1.165) is 30.2 Å². The minimum absolute atomic E-state index is 0.0690. The number of benzene rings is 1. The number of amides is 1. The van der Waals surface area contributed by atoms with Gasteiger partial charge in [0.1, 0.15) is 17.9 Å². The topological polar surface area (TPSA) is 67.8 Å². The molecule has 7 nitrogen and oxygen atoms in total. The summed E-state index contributed by atoms with van der Waals surface area (Å²) in [6, 6.07) is 9.74. The molecular weight excluding hydrogens is 356 g/mol. The lowest BCUT2D eigenvalue weighted by molar-refractivity contribution is -0.138. The molecule has 1 saturated heterocycles. The number of fused-ring (bicyclic) bond motifs is 1. The van der Waals surface area contributed by atoms with Crippen LogP contribution in [0.1, 0.15) is 19.4 Å². The highest BCUT2D eigenvalue weighted by Gasteiger charge is 2.33. The summed E-state index contributed by atoms with van der Waals surface area (Å²) >= 11 is 0. The Morgan fingerprint density at radius 2 is 2.00 bits per heavy atom. The van der Waals surface area contributed by atoms with Crippen LogP contribution in [0.3, 0.4) is 0 Å². The summed E-state index contributed by atoms with van der Waals surface area (Å²) in [6.07, 6.45) is 1.78. The summed E-state index contributed by atoms with van der Waals surface area (Å²) in [6.45, 7) is 7.60. The third-order valence-corrected chi connectivity index (χ3v) is 5.03. The average molecular weight is 382 g/mol. The van der Waals surface area contributed by atoms with E-state index in [1.807, 2.05) is 35.2 Å². The lowest BCUT2D eigenvalue weighted by atomic mass is 10.1. The largest absolute Gasteiger partial charge is 0.480 e. The molecule has 0 saturated carbocycles. The highest BCUT2D eigenvalue weighted by molar-refractivity contribution is 5.83. The van der Waals surface area contributed by atoms with E-state index in [1.165, 1.54) is 6.33 Å². The highest BCUT2D eigenvalue weighted by Crippen LogP contribution is 2.29. The minimum Gasteiger partial charge on any atom is -0.480 e. The van der Waals surface area contributed by atoms with Crippen molar-refractivity contribution in [3.63, 3.8) is 0 Å². The van der Waals surface area contributed by atoms with E-state index in [1.54, 1.807) is 0 Å². The quantitative estimate of drug-likeness (QED) is 0.790. The molecule has 4 rings (SSSR count). The van der Waals surface area contributed by atoms with Crippen LogP contribution < -0.4 is 14.4 Å². The van der Waals surface area contributed by atoms with E-state index in [9.17, 15) is 4.79 Å². The number of piperazine rings is 1. The molecule has 1 unspecified atom stereocenters. The molecule has 1 aromatic carbocycles. The van der Waals surface area contributed by atoms with E-state index >= 15 is 0 Å². The highest BCUT2D eigenvalue weighted by atomic mass is 16.5. The first-order chi connectivity index (χ1) is 13.6. The Labute approximate surface area is 165 Å². The van der Waals surface area contributed by atoms with Crippen LogP contribution in [0, 0.1) is 5.92 Å². The van der Waals surface area contributed by atoms with E-state index in [-0.39, 0.29) is 5.91 Å². The zero-order chi connectivity index (χ0) is 19.5. The van der Waals surface area contributed by atoms with E-state index in [2.05, 4.69) is 28.7 Å². The van der Waals surface area contributed by atoms with Gasteiger partial charge in [-0.25, -0.2) is 9.97 Å². The Kier molecular flexibility index (Phi) is 5.32. The van der Waals surface area contributed by atoms with Gasteiger partial charge in [0, 0.05) is 38.7 Å². The third-order valence-electron chi connectivity index (χ3n) is 5.03. The van der Waals surface area contributed by atoms with Gasteiger partial charge in [0.05, 0.1) is 6.61 Å². The van der Waals surface area contributed by atoms with Crippen molar-refractivity contribution in [3.8, 4) is 11.6 Å². The first kappa shape index (κ1) is 18.5. The van der Waals surface area contributed by atoms with Crippen molar-refractivity contribution in [2.75, 3.05) is 37.7 Å². The van der Waals surface area contributed by atoms with Crippen LogP contribution >= 0.6 is 0 Å². The van der Waals surface area contributed by atoms with Gasteiger partial charge in [-0.1, -0.05) is 32.0 Å². The Morgan fingerprint density at radius 1 is 1.21 bits per heavy atom. The standard InChI is InChI=1S/C21H26N4O3/c1-15(2)13-27-20-12-19(22-14-23-20)24-7-9-25(10-8-24)21(26)18-11-16-5-3-4-6-17(16)28-18/h3-6,12,14-15,18H,7-11,13H2,1-2H3. The molecule has 7 heteroatoms. The summed E-state index contributed by atoms with van der Waals surface area (Å²) in [7, 11) is 0. The second-order valence-electron chi connectivity index (χ2n) is 7.65. The van der Waals surface area contributed by atoms with E-state index in [0.29, 0.717) is 37.9 Å². The van der Waals surface area contributed by atoms with Gasteiger partial charge in [-0.05, 0) is 17.5 Å². The van der Waals surface area contributed by atoms with Crippen LogP contribution in [0.2, 0.25) is 0 Å². The maximum atomic E-state index is 12.9. The summed E-state index contributed by atoms with van der Waals surface area (Å²) in [5.41, 5.74) is 1.11. The number of carbonyl (C=O) groups excluding carboxylic acids is 1. The maximum Gasteiger partial charge on any atom is 0.264 e. The number of anilines is 1.